The second-order valence-corrected chi connectivity index (χ2v) is 5.65. The van der Waals surface area contributed by atoms with Crippen LogP contribution in [0.15, 0.2) is 24.3 Å². The highest BCUT2D eigenvalue weighted by atomic mass is 16.5. The Morgan fingerprint density at radius 2 is 1.95 bits per heavy atom. The first-order valence-corrected chi connectivity index (χ1v) is 7.33. The summed E-state index contributed by atoms with van der Waals surface area (Å²) in [5, 5.41) is 2.92. The van der Waals surface area contributed by atoms with Crippen molar-refractivity contribution < 1.29 is 9.53 Å². The Bertz CT molecular complexity index is 450. The topological polar surface area (TPSA) is 64.4 Å². The molecule has 0 aliphatic carbocycles. The van der Waals surface area contributed by atoms with Gasteiger partial charge in [-0.15, -0.1) is 0 Å². The molecular weight excluding hydrogens is 252 g/mol. The number of carbonyl (C=O) groups is 1. The van der Waals surface area contributed by atoms with Gasteiger partial charge in [0.15, 0.2) is 0 Å². The molecule has 0 aromatic heterocycles. The number of hydrogen-bond acceptors (Lipinski definition) is 3. The van der Waals surface area contributed by atoms with Gasteiger partial charge in [-0.05, 0) is 42.9 Å². The fraction of sp³-hybridized carbons (Fsp3) is 0.562. The second kappa shape index (κ2) is 6.37. The molecule has 1 saturated heterocycles. The minimum Gasteiger partial charge on any atom is -0.381 e. The van der Waals surface area contributed by atoms with Gasteiger partial charge in [-0.25, -0.2) is 0 Å². The average molecular weight is 276 g/mol. The summed E-state index contributed by atoms with van der Waals surface area (Å²) >= 11 is 0. The van der Waals surface area contributed by atoms with Gasteiger partial charge < -0.3 is 15.8 Å². The van der Waals surface area contributed by atoms with Crippen LogP contribution in [0, 0.1) is 0 Å². The highest BCUT2D eigenvalue weighted by Crippen LogP contribution is 2.23. The fourth-order valence-corrected chi connectivity index (χ4v) is 2.35. The molecular formula is C16H24N2O2. The van der Waals surface area contributed by atoms with Crippen LogP contribution in [-0.2, 0) is 9.53 Å². The number of hydrogen-bond donors (Lipinski definition) is 2. The van der Waals surface area contributed by atoms with Crippen molar-refractivity contribution in [2.24, 2.45) is 5.73 Å². The molecule has 1 aliphatic heterocycles. The summed E-state index contributed by atoms with van der Waals surface area (Å²) in [6, 6.07) is 8.03. The Morgan fingerprint density at radius 1 is 1.35 bits per heavy atom. The first-order chi connectivity index (χ1) is 9.55. The van der Waals surface area contributed by atoms with Crippen LogP contribution in [0.3, 0.4) is 0 Å². The van der Waals surface area contributed by atoms with Crippen molar-refractivity contribution in [2.75, 3.05) is 18.5 Å². The molecule has 110 valence electrons. The molecule has 0 radical (unpaired) electrons. The first-order valence-electron chi connectivity index (χ1n) is 7.33. The fourth-order valence-electron chi connectivity index (χ4n) is 2.35. The van der Waals surface area contributed by atoms with Gasteiger partial charge in [0.2, 0.25) is 5.91 Å². The van der Waals surface area contributed by atoms with E-state index in [0.717, 1.165) is 12.1 Å². The molecule has 1 aromatic carbocycles. The number of amides is 1. The van der Waals surface area contributed by atoms with Crippen molar-refractivity contribution in [3.63, 3.8) is 0 Å². The van der Waals surface area contributed by atoms with Crippen molar-refractivity contribution in [3.8, 4) is 0 Å². The van der Waals surface area contributed by atoms with Gasteiger partial charge in [0.25, 0.3) is 0 Å². The standard InChI is InChI=1S/C16H24N2O2/c1-3-12(2)13-4-6-14(7-5-13)18-15(19)16(17)8-10-20-11-9-16/h4-7,12H,3,8-11,17H2,1-2H3,(H,18,19). The molecule has 0 bridgehead atoms. The van der Waals surface area contributed by atoms with Crippen LogP contribution in [0.25, 0.3) is 0 Å². The third-order valence-corrected chi connectivity index (χ3v) is 4.19. The van der Waals surface area contributed by atoms with E-state index in [1.54, 1.807) is 0 Å². The summed E-state index contributed by atoms with van der Waals surface area (Å²) in [7, 11) is 0. The Hall–Kier alpha value is -1.39. The van der Waals surface area contributed by atoms with E-state index in [9.17, 15) is 4.79 Å². The van der Waals surface area contributed by atoms with Crippen molar-refractivity contribution in [2.45, 2.75) is 44.6 Å². The number of anilines is 1. The summed E-state index contributed by atoms with van der Waals surface area (Å²) in [5.41, 5.74) is 7.45. The largest absolute Gasteiger partial charge is 0.381 e. The van der Waals surface area contributed by atoms with Crippen molar-refractivity contribution in [1.29, 1.82) is 0 Å². The molecule has 20 heavy (non-hydrogen) atoms. The van der Waals surface area contributed by atoms with Crippen LogP contribution in [-0.4, -0.2) is 24.7 Å². The minimum absolute atomic E-state index is 0.114. The predicted molar refractivity (Wildman–Crippen MR) is 80.7 cm³/mol. The molecule has 1 aliphatic rings. The van der Waals surface area contributed by atoms with E-state index in [0.29, 0.717) is 32.0 Å². The molecule has 1 atom stereocenters. The second-order valence-electron chi connectivity index (χ2n) is 5.65. The third kappa shape index (κ3) is 3.38. The summed E-state index contributed by atoms with van der Waals surface area (Å²) in [5.74, 6) is 0.424. The monoisotopic (exact) mass is 276 g/mol. The van der Waals surface area contributed by atoms with Crippen LogP contribution in [0.4, 0.5) is 5.69 Å². The van der Waals surface area contributed by atoms with E-state index in [1.165, 1.54) is 5.56 Å². The van der Waals surface area contributed by atoms with Gasteiger partial charge in [-0.1, -0.05) is 26.0 Å². The molecule has 1 unspecified atom stereocenters. The molecule has 3 N–H and O–H groups in total. The van der Waals surface area contributed by atoms with E-state index in [-0.39, 0.29) is 5.91 Å². The highest BCUT2D eigenvalue weighted by Gasteiger charge is 2.35. The Morgan fingerprint density at radius 3 is 2.50 bits per heavy atom. The lowest BCUT2D eigenvalue weighted by Crippen LogP contribution is -2.54. The number of nitrogens with one attached hydrogen (secondary N) is 1. The molecule has 1 fully saturated rings. The van der Waals surface area contributed by atoms with Gasteiger partial charge in [0.05, 0.1) is 0 Å². The molecule has 4 nitrogen and oxygen atoms in total. The van der Waals surface area contributed by atoms with Gasteiger partial charge in [-0.2, -0.15) is 0 Å². The van der Waals surface area contributed by atoms with E-state index < -0.39 is 5.54 Å². The summed E-state index contributed by atoms with van der Waals surface area (Å²) in [6.07, 6.45) is 2.26. The lowest BCUT2D eigenvalue weighted by molar-refractivity contribution is -0.124. The maximum Gasteiger partial charge on any atom is 0.244 e. The van der Waals surface area contributed by atoms with Crippen LogP contribution in [0.5, 0.6) is 0 Å². The number of benzene rings is 1. The van der Waals surface area contributed by atoms with E-state index in [1.807, 2.05) is 12.1 Å². The highest BCUT2D eigenvalue weighted by molar-refractivity contribution is 5.98. The SMILES string of the molecule is CCC(C)c1ccc(NC(=O)C2(N)CCOCC2)cc1. The van der Waals surface area contributed by atoms with Gasteiger partial charge in [0.1, 0.15) is 5.54 Å². The maximum atomic E-state index is 12.3. The Balaban J connectivity index is 2.00. The zero-order chi connectivity index (χ0) is 14.6. The average Bonchev–Trinajstić information content (AvgIpc) is 2.48. The van der Waals surface area contributed by atoms with Gasteiger partial charge >= 0.3 is 0 Å². The minimum atomic E-state index is -0.798. The van der Waals surface area contributed by atoms with Crippen LogP contribution < -0.4 is 11.1 Å². The number of rotatable bonds is 4. The smallest absolute Gasteiger partial charge is 0.244 e. The molecule has 0 spiro atoms. The Kier molecular flexibility index (Phi) is 4.78. The molecule has 0 saturated carbocycles. The Labute approximate surface area is 120 Å². The maximum absolute atomic E-state index is 12.3. The molecule has 1 amide bonds. The van der Waals surface area contributed by atoms with E-state index >= 15 is 0 Å². The summed E-state index contributed by atoms with van der Waals surface area (Å²) in [4.78, 5) is 12.3. The lowest BCUT2D eigenvalue weighted by Gasteiger charge is -2.31. The lowest BCUT2D eigenvalue weighted by atomic mass is 9.90. The van der Waals surface area contributed by atoms with Crippen LogP contribution >= 0.6 is 0 Å². The number of carbonyl (C=O) groups excluding carboxylic acids is 1. The zero-order valence-electron chi connectivity index (χ0n) is 12.3. The molecule has 4 heteroatoms. The quantitative estimate of drug-likeness (QED) is 0.888. The molecule has 2 rings (SSSR count). The third-order valence-electron chi connectivity index (χ3n) is 4.19. The predicted octanol–water partition coefficient (Wildman–Crippen LogP) is 2.65. The van der Waals surface area contributed by atoms with Crippen molar-refractivity contribution >= 4 is 11.6 Å². The van der Waals surface area contributed by atoms with E-state index in [2.05, 4.69) is 31.3 Å². The van der Waals surface area contributed by atoms with Gasteiger partial charge in [0, 0.05) is 18.9 Å². The zero-order valence-corrected chi connectivity index (χ0v) is 12.3. The number of ether oxygens (including phenoxy) is 1. The molecule has 1 aromatic rings. The normalized spacial score (nSPS) is 19.4. The molecule has 1 heterocycles. The van der Waals surface area contributed by atoms with Crippen molar-refractivity contribution in [3.05, 3.63) is 29.8 Å². The van der Waals surface area contributed by atoms with Gasteiger partial charge in [-0.3, -0.25) is 4.79 Å². The van der Waals surface area contributed by atoms with E-state index in [4.69, 9.17) is 10.5 Å². The summed E-state index contributed by atoms with van der Waals surface area (Å²) < 4.78 is 5.26. The van der Waals surface area contributed by atoms with Crippen molar-refractivity contribution in [1.82, 2.24) is 0 Å². The van der Waals surface area contributed by atoms with Crippen LogP contribution in [0.1, 0.15) is 44.6 Å². The van der Waals surface area contributed by atoms with Crippen LogP contribution in [0.2, 0.25) is 0 Å². The number of nitrogens with two attached hydrogens (primary N) is 1. The summed E-state index contributed by atoms with van der Waals surface area (Å²) in [6.45, 7) is 5.47. The first kappa shape index (κ1) is 15.0.